The number of nitrogens with one attached hydrogen (secondary N) is 2. The van der Waals surface area contributed by atoms with E-state index in [-0.39, 0.29) is 12.5 Å². The molecule has 0 saturated carbocycles. The fourth-order valence-electron chi connectivity index (χ4n) is 2.08. The number of aryl methyl sites for hydroxylation is 2. The van der Waals surface area contributed by atoms with Gasteiger partial charge in [0.05, 0.1) is 25.6 Å². The molecular formula is C16H21N5O2. The zero-order chi connectivity index (χ0) is 16.8. The minimum atomic E-state index is -0.226. The van der Waals surface area contributed by atoms with Crippen molar-refractivity contribution in [2.45, 2.75) is 13.8 Å². The first-order valence-corrected chi connectivity index (χ1v) is 7.21. The van der Waals surface area contributed by atoms with Gasteiger partial charge in [0, 0.05) is 24.0 Å². The summed E-state index contributed by atoms with van der Waals surface area (Å²) in [5.74, 6) is 0.545. The number of carbonyl (C=O) groups is 1. The maximum absolute atomic E-state index is 11.8. The van der Waals surface area contributed by atoms with Crippen molar-refractivity contribution >= 4 is 17.8 Å². The van der Waals surface area contributed by atoms with Crippen LogP contribution in [-0.2, 0) is 11.8 Å². The Morgan fingerprint density at radius 3 is 2.61 bits per heavy atom. The SMILES string of the molecule is COc1ccc(NCC(=O)N/N=C/c2c(C)nn(C)c2C)cc1. The lowest BCUT2D eigenvalue weighted by atomic mass is 10.2. The van der Waals surface area contributed by atoms with Gasteiger partial charge < -0.3 is 10.1 Å². The predicted molar refractivity (Wildman–Crippen MR) is 89.9 cm³/mol. The van der Waals surface area contributed by atoms with Crippen molar-refractivity contribution in [1.29, 1.82) is 0 Å². The van der Waals surface area contributed by atoms with Gasteiger partial charge in [0.15, 0.2) is 0 Å². The van der Waals surface area contributed by atoms with Crippen molar-refractivity contribution in [3.05, 3.63) is 41.2 Å². The van der Waals surface area contributed by atoms with Gasteiger partial charge in [0.1, 0.15) is 5.75 Å². The first-order valence-electron chi connectivity index (χ1n) is 7.21. The zero-order valence-electron chi connectivity index (χ0n) is 13.8. The molecule has 0 aliphatic rings. The van der Waals surface area contributed by atoms with Crippen LogP contribution in [0.5, 0.6) is 5.75 Å². The number of nitrogens with zero attached hydrogens (tertiary/aromatic N) is 3. The van der Waals surface area contributed by atoms with E-state index >= 15 is 0 Å². The summed E-state index contributed by atoms with van der Waals surface area (Å²) < 4.78 is 6.86. The Balaban J connectivity index is 1.83. The molecule has 0 aliphatic carbocycles. The summed E-state index contributed by atoms with van der Waals surface area (Å²) in [5, 5.41) is 11.3. The zero-order valence-corrected chi connectivity index (χ0v) is 13.8. The summed E-state index contributed by atoms with van der Waals surface area (Å²) in [6, 6.07) is 7.34. The largest absolute Gasteiger partial charge is 0.497 e. The molecule has 1 heterocycles. The standard InChI is InChI=1S/C16H21N5O2/c1-11-15(12(2)21(3)20-11)9-18-19-16(22)10-17-13-5-7-14(23-4)8-6-13/h5-9,17H,10H2,1-4H3,(H,19,22)/b18-9+. The van der Waals surface area contributed by atoms with Crippen LogP contribution in [0, 0.1) is 13.8 Å². The van der Waals surface area contributed by atoms with Gasteiger partial charge in [-0.1, -0.05) is 0 Å². The molecule has 2 aromatic rings. The number of rotatable bonds is 6. The molecule has 2 rings (SSSR count). The predicted octanol–water partition coefficient (Wildman–Crippen LogP) is 1.61. The molecule has 1 amide bonds. The number of aromatic nitrogens is 2. The Hall–Kier alpha value is -2.83. The number of anilines is 1. The van der Waals surface area contributed by atoms with Crippen LogP contribution in [0.4, 0.5) is 5.69 Å². The summed E-state index contributed by atoms with van der Waals surface area (Å²) in [5.41, 5.74) is 6.12. The molecule has 0 unspecified atom stereocenters. The lowest BCUT2D eigenvalue weighted by Gasteiger charge is -2.06. The summed E-state index contributed by atoms with van der Waals surface area (Å²) in [6.07, 6.45) is 1.61. The van der Waals surface area contributed by atoms with E-state index in [1.54, 1.807) is 18.0 Å². The van der Waals surface area contributed by atoms with Crippen molar-refractivity contribution in [2.24, 2.45) is 12.1 Å². The number of hydrazone groups is 1. The third-order valence-electron chi connectivity index (χ3n) is 3.49. The molecule has 122 valence electrons. The van der Waals surface area contributed by atoms with Crippen LogP contribution in [0.25, 0.3) is 0 Å². The smallest absolute Gasteiger partial charge is 0.259 e. The molecule has 0 bridgehead atoms. The van der Waals surface area contributed by atoms with E-state index in [4.69, 9.17) is 4.74 Å². The Morgan fingerprint density at radius 1 is 1.35 bits per heavy atom. The van der Waals surface area contributed by atoms with E-state index in [9.17, 15) is 4.79 Å². The summed E-state index contributed by atoms with van der Waals surface area (Å²) in [6.45, 7) is 3.99. The minimum absolute atomic E-state index is 0.134. The van der Waals surface area contributed by atoms with E-state index in [2.05, 4.69) is 20.9 Å². The van der Waals surface area contributed by atoms with Gasteiger partial charge in [-0.05, 0) is 38.1 Å². The number of hydrogen-bond acceptors (Lipinski definition) is 5. The average Bonchev–Trinajstić information content (AvgIpc) is 2.79. The first-order chi connectivity index (χ1) is 11.0. The highest BCUT2D eigenvalue weighted by molar-refractivity contribution is 5.85. The molecule has 0 fully saturated rings. The molecule has 2 N–H and O–H groups in total. The number of benzene rings is 1. The normalized spacial score (nSPS) is 10.8. The molecule has 23 heavy (non-hydrogen) atoms. The third-order valence-corrected chi connectivity index (χ3v) is 3.49. The van der Waals surface area contributed by atoms with E-state index in [1.165, 1.54) is 0 Å². The Morgan fingerprint density at radius 2 is 2.04 bits per heavy atom. The van der Waals surface area contributed by atoms with Gasteiger partial charge in [-0.15, -0.1) is 0 Å². The van der Waals surface area contributed by atoms with E-state index in [1.807, 2.05) is 45.2 Å². The Kier molecular flexibility index (Phi) is 5.35. The molecule has 0 saturated heterocycles. The Bertz CT molecular complexity index is 704. The lowest BCUT2D eigenvalue weighted by molar-refractivity contribution is -0.119. The van der Waals surface area contributed by atoms with Gasteiger partial charge in [0.25, 0.3) is 5.91 Å². The fraction of sp³-hybridized carbons (Fsp3) is 0.312. The average molecular weight is 315 g/mol. The van der Waals surface area contributed by atoms with Crippen LogP contribution in [0.2, 0.25) is 0 Å². The molecule has 0 radical (unpaired) electrons. The summed E-state index contributed by atoms with van der Waals surface area (Å²) in [7, 11) is 3.48. The molecule has 0 aliphatic heterocycles. The maximum Gasteiger partial charge on any atom is 0.259 e. The van der Waals surface area contributed by atoms with Crippen LogP contribution < -0.4 is 15.5 Å². The molecule has 1 aromatic carbocycles. The number of amides is 1. The topological polar surface area (TPSA) is 80.5 Å². The van der Waals surface area contributed by atoms with Crippen LogP contribution in [0.15, 0.2) is 29.4 Å². The monoisotopic (exact) mass is 315 g/mol. The molecule has 1 aromatic heterocycles. The van der Waals surface area contributed by atoms with Crippen molar-refractivity contribution in [3.8, 4) is 5.75 Å². The van der Waals surface area contributed by atoms with Crippen molar-refractivity contribution in [2.75, 3.05) is 19.0 Å². The highest BCUT2D eigenvalue weighted by Gasteiger charge is 2.06. The molecule has 0 atom stereocenters. The summed E-state index contributed by atoms with van der Waals surface area (Å²) >= 11 is 0. The van der Waals surface area contributed by atoms with E-state index < -0.39 is 0 Å². The van der Waals surface area contributed by atoms with E-state index in [0.717, 1.165) is 28.4 Å². The lowest BCUT2D eigenvalue weighted by Crippen LogP contribution is -2.25. The van der Waals surface area contributed by atoms with Crippen molar-refractivity contribution in [1.82, 2.24) is 15.2 Å². The Labute approximate surface area is 135 Å². The molecule has 7 nitrogen and oxygen atoms in total. The highest BCUT2D eigenvalue weighted by atomic mass is 16.5. The molecule has 0 spiro atoms. The van der Waals surface area contributed by atoms with Gasteiger partial charge in [-0.25, -0.2) is 5.43 Å². The quantitative estimate of drug-likeness (QED) is 0.627. The number of ether oxygens (including phenoxy) is 1. The second-order valence-electron chi connectivity index (χ2n) is 5.08. The third kappa shape index (κ3) is 4.32. The number of hydrogen-bond donors (Lipinski definition) is 2. The summed E-state index contributed by atoms with van der Waals surface area (Å²) in [4.78, 5) is 11.8. The van der Waals surface area contributed by atoms with Gasteiger partial charge >= 0.3 is 0 Å². The first kappa shape index (κ1) is 16.5. The number of carbonyl (C=O) groups excluding carboxylic acids is 1. The molecule has 7 heteroatoms. The highest BCUT2D eigenvalue weighted by Crippen LogP contribution is 2.14. The molecular weight excluding hydrogens is 294 g/mol. The minimum Gasteiger partial charge on any atom is -0.497 e. The number of methoxy groups -OCH3 is 1. The maximum atomic E-state index is 11.8. The van der Waals surface area contributed by atoms with Gasteiger partial charge in [0.2, 0.25) is 0 Å². The van der Waals surface area contributed by atoms with Crippen LogP contribution in [-0.4, -0.2) is 35.6 Å². The van der Waals surface area contributed by atoms with Crippen molar-refractivity contribution < 1.29 is 9.53 Å². The van der Waals surface area contributed by atoms with Gasteiger partial charge in [-0.2, -0.15) is 10.2 Å². The van der Waals surface area contributed by atoms with Crippen LogP contribution in [0.1, 0.15) is 17.0 Å². The van der Waals surface area contributed by atoms with Crippen molar-refractivity contribution in [3.63, 3.8) is 0 Å². The van der Waals surface area contributed by atoms with E-state index in [0.29, 0.717) is 0 Å². The van der Waals surface area contributed by atoms with Gasteiger partial charge in [-0.3, -0.25) is 9.48 Å². The van der Waals surface area contributed by atoms with Crippen LogP contribution in [0.3, 0.4) is 0 Å². The fourth-order valence-corrected chi connectivity index (χ4v) is 2.08. The second-order valence-corrected chi connectivity index (χ2v) is 5.08. The second kappa shape index (κ2) is 7.44. The van der Waals surface area contributed by atoms with Crippen LogP contribution >= 0.6 is 0 Å².